The Bertz CT molecular complexity index is 558. The lowest BCUT2D eigenvalue weighted by molar-refractivity contribution is 1.11. The van der Waals surface area contributed by atoms with Crippen molar-refractivity contribution in [2.24, 2.45) is 0 Å². The van der Waals surface area contributed by atoms with Gasteiger partial charge in [0.25, 0.3) is 0 Å². The zero-order valence-electron chi connectivity index (χ0n) is 10.2. The van der Waals surface area contributed by atoms with Gasteiger partial charge in [0.1, 0.15) is 0 Å². The molecule has 0 radical (unpaired) electrons. The van der Waals surface area contributed by atoms with Crippen molar-refractivity contribution in [2.45, 2.75) is 18.7 Å². The van der Waals surface area contributed by atoms with Crippen LogP contribution in [0, 0.1) is 13.8 Å². The molecule has 0 bridgehead atoms. The standard InChI is InChI=1S/C15H13BrCl2/c1-9-4-3-5-10(2)14(9)15(16)12-8-11(17)6-7-13(12)18/h3-8,15H,1-2H3. The molecule has 0 aliphatic carbocycles. The first-order chi connectivity index (χ1) is 8.50. The molecule has 0 aliphatic rings. The molecule has 0 nitrogen and oxygen atoms in total. The maximum Gasteiger partial charge on any atom is 0.0664 e. The monoisotopic (exact) mass is 342 g/mol. The highest BCUT2D eigenvalue weighted by atomic mass is 79.9. The highest BCUT2D eigenvalue weighted by Gasteiger charge is 2.17. The molecule has 0 amide bonds. The predicted molar refractivity (Wildman–Crippen MR) is 83.1 cm³/mol. The van der Waals surface area contributed by atoms with Crippen molar-refractivity contribution >= 4 is 39.1 Å². The van der Waals surface area contributed by atoms with Crippen molar-refractivity contribution in [3.05, 3.63) is 68.7 Å². The van der Waals surface area contributed by atoms with E-state index in [-0.39, 0.29) is 4.83 Å². The minimum Gasteiger partial charge on any atom is -0.0843 e. The minimum atomic E-state index is 0.0601. The van der Waals surface area contributed by atoms with Crippen LogP contribution in [0.15, 0.2) is 36.4 Å². The average molecular weight is 344 g/mol. The van der Waals surface area contributed by atoms with E-state index in [2.05, 4.69) is 48.0 Å². The molecule has 0 saturated heterocycles. The van der Waals surface area contributed by atoms with Crippen molar-refractivity contribution in [1.82, 2.24) is 0 Å². The van der Waals surface area contributed by atoms with Gasteiger partial charge in [-0.05, 0) is 54.3 Å². The number of halogens is 3. The van der Waals surface area contributed by atoms with Crippen LogP contribution < -0.4 is 0 Å². The summed E-state index contributed by atoms with van der Waals surface area (Å²) in [5.41, 5.74) is 4.74. The van der Waals surface area contributed by atoms with Crippen LogP contribution in [0.3, 0.4) is 0 Å². The molecule has 94 valence electrons. The normalized spacial score (nSPS) is 12.5. The summed E-state index contributed by atoms with van der Waals surface area (Å²) in [4.78, 5) is 0.0601. The third-order valence-electron chi connectivity index (χ3n) is 3.03. The Hall–Kier alpha value is -0.500. The molecule has 3 heteroatoms. The summed E-state index contributed by atoms with van der Waals surface area (Å²) < 4.78 is 0. The molecule has 0 aromatic heterocycles. The van der Waals surface area contributed by atoms with Crippen LogP contribution in [0.1, 0.15) is 27.1 Å². The van der Waals surface area contributed by atoms with E-state index in [1.54, 1.807) is 6.07 Å². The molecule has 0 fully saturated rings. The van der Waals surface area contributed by atoms with E-state index in [9.17, 15) is 0 Å². The van der Waals surface area contributed by atoms with Crippen LogP contribution in [0.2, 0.25) is 10.0 Å². The average Bonchev–Trinajstić information content (AvgIpc) is 2.32. The fraction of sp³-hybridized carbons (Fsp3) is 0.200. The van der Waals surface area contributed by atoms with Gasteiger partial charge >= 0.3 is 0 Å². The zero-order chi connectivity index (χ0) is 13.3. The Morgan fingerprint density at radius 2 is 1.61 bits per heavy atom. The molecule has 1 atom stereocenters. The third kappa shape index (κ3) is 2.74. The quantitative estimate of drug-likeness (QED) is 0.578. The lowest BCUT2D eigenvalue weighted by atomic mass is 9.96. The van der Waals surface area contributed by atoms with Crippen LogP contribution in [0.5, 0.6) is 0 Å². The summed E-state index contributed by atoms with van der Waals surface area (Å²) in [6.07, 6.45) is 0. The van der Waals surface area contributed by atoms with E-state index >= 15 is 0 Å². The summed E-state index contributed by atoms with van der Waals surface area (Å²) >= 11 is 16.0. The van der Waals surface area contributed by atoms with Gasteiger partial charge in [-0.15, -0.1) is 0 Å². The smallest absolute Gasteiger partial charge is 0.0664 e. The number of rotatable bonds is 2. The van der Waals surface area contributed by atoms with Crippen molar-refractivity contribution in [1.29, 1.82) is 0 Å². The Balaban J connectivity index is 2.54. The SMILES string of the molecule is Cc1cccc(C)c1C(Br)c1cc(Cl)ccc1Cl. The summed E-state index contributed by atoms with van der Waals surface area (Å²) in [7, 11) is 0. The number of hydrogen-bond acceptors (Lipinski definition) is 0. The highest BCUT2D eigenvalue weighted by molar-refractivity contribution is 9.09. The van der Waals surface area contributed by atoms with E-state index < -0.39 is 0 Å². The zero-order valence-corrected chi connectivity index (χ0v) is 13.3. The lowest BCUT2D eigenvalue weighted by Crippen LogP contribution is -1.99. The summed E-state index contributed by atoms with van der Waals surface area (Å²) in [5, 5.41) is 1.43. The Morgan fingerprint density at radius 1 is 1.00 bits per heavy atom. The maximum atomic E-state index is 6.26. The summed E-state index contributed by atoms with van der Waals surface area (Å²) in [5.74, 6) is 0. The molecule has 18 heavy (non-hydrogen) atoms. The first-order valence-electron chi connectivity index (χ1n) is 5.66. The third-order valence-corrected chi connectivity index (χ3v) is 4.56. The second kappa shape index (κ2) is 5.64. The molecular formula is C15H13BrCl2. The number of aryl methyl sites for hydroxylation is 2. The van der Waals surface area contributed by atoms with Crippen LogP contribution in [-0.2, 0) is 0 Å². The lowest BCUT2D eigenvalue weighted by Gasteiger charge is -2.18. The summed E-state index contributed by atoms with van der Waals surface area (Å²) in [6.45, 7) is 4.21. The molecule has 1 unspecified atom stereocenters. The van der Waals surface area contributed by atoms with Crippen LogP contribution in [0.4, 0.5) is 0 Å². The molecule has 0 spiro atoms. The van der Waals surface area contributed by atoms with Crippen molar-refractivity contribution in [3.8, 4) is 0 Å². The van der Waals surface area contributed by atoms with Gasteiger partial charge in [-0.1, -0.05) is 57.3 Å². The Morgan fingerprint density at radius 3 is 2.22 bits per heavy atom. The molecule has 2 rings (SSSR count). The molecule has 0 saturated carbocycles. The molecule has 0 N–H and O–H groups in total. The molecule has 2 aromatic rings. The predicted octanol–water partition coefficient (Wildman–Crippen LogP) is 6.09. The Kier molecular flexibility index (Phi) is 4.37. The van der Waals surface area contributed by atoms with E-state index in [4.69, 9.17) is 23.2 Å². The largest absolute Gasteiger partial charge is 0.0843 e. The highest BCUT2D eigenvalue weighted by Crippen LogP contribution is 2.39. The van der Waals surface area contributed by atoms with E-state index in [0.717, 1.165) is 10.6 Å². The van der Waals surface area contributed by atoms with Gasteiger partial charge in [0.05, 0.1) is 4.83 Å². The van der Waals surface area contributed by atoms with Crippen molar-refractivity contribution in [3.63, 3.8) is 0 Å². The van der Waals surface area contributed by atoms with Crippen LogP contribution in [0.25, 0.3) is 0 Å². The second-order valence-electron chi connectivity index (χ2n) is 4.33. The summed E-state index contributed by atoms with van der Waals surface area (Å²) in [6, 6.07) is 11.8. The van der Waals surface area contributed by atoms with Gasteiger partial charge in [0.2, 0.25) is 0 Å². The molecule has 2 aromatic carbocycles. The number of hydrogen-bond donors (Lipinski definition) is 0. The maximum absolute atomic E-state index is 6.26. The fourth-order valence-corrected chi connectivity index (χ4v) is 3.73. The van der Waals surface area contributed by atoms with E-state index in [1.807, 2.05) is 12.1 Å². The topological polar surface area (TPSA) is 0 Å². The van der Waals surface area contributed by atoms with Gasteiger partial charge in [-0.2, -0.15) is 0 Å². The second-order valence-corrected chi connectivity index (χ2v) is 6.09. The van der Waals surface area contributed by atoms with E-state index in [0.29, 0.717) is 5.02 Å². The number of alkyl halides is 1. The van der Waals surface area contributed by atoms with Gasteiger partial charge in [0, 0.05) is 10.0 Å². The van der Waals surface area contributed by atoms with Gasteiger partial charge in [-0.25, -0.2) is 0 Å². The number of benzene rings is 2. The van der Waals surface area contributed by atoms with Crippen LogP contribution >= 0.6 is 39.1 Å². The van der Waals surface area contributed by atoms with Gasteiger partial charge in [-0.3, -0.25) is 0 Å². The van der Waals surface area contributed by atoms with Crippen molar-refractivity contribution in [2.75, 3.05) is 0 Å². The van der Waals surface area contributed by atoms with Crippen molar-refractivity contribution < 1.29 is 0 Å². The molecule has 0 aliphatic heterocycles. The first-order valence-corrected chi connectivity index (χ1v) is 7.33. The van der Waals surface area contributed by atoms with E-state index in [1.165, 1.54) is 16.7 Å². The Labute approximate surface area is 126 Å². The molecular weight excluding hydrogens is 331 g/mol. The fourth-order valence-electron chi connectivity index (χ4n) is 2.09. The first kappa shape index (κ1) is 13.9. The van der Waals surface area contributed by atoms with Gasteiger partial charge < -0.3 is 0 Å². The molecule has 0 heterocycles. The van der Waals surface area contributed by atoms with Crippen LogP contribution in [-0.4, -0.2) is 0 Å². The minimum absolute atomic E-state index is 0.0601. The van der Waals surface area contributed by atoms with Gasteiger partial charge in [0.15, 0.2) is 0 Å².